The van der Waals surface area contributed by atoms with E-state index < -0.39 is 3.79 Å². The van der Waals surface area contributed by atoms with E-state index in [0.717, 1.165) is 6.42 Å². The summed E-state index contributed by atoms with van der Waals surface area (Å²) in [5.41, 5.74) is 2.42. The summed E-state index contributed by atoms with van der Waals surface area (Å²) in [5.74, 6) is 0. The van der Waals surface area contributed by atoms with Crippen molar-refractivity contribution in [2.24, 2.45) is 0 Å². The van der Waals surface area contributed by atoms with Crippen molar-refractivity contribution < 1.29 is 0 Å². The summed E-state index contributed by atoms with van der Waals surface area (Å²) in [5, 5.41) is -0.154. The van der Waals surface area contributed by atoms with Crippen molar-refractivity contribution in [3.8, 4) is 0 Å². The lowest BCUT2D eigenvalue weighted by Crippen LogP contribution is -2.14. The number of halogens is 4. The fourth-order valence-corrected chi connectivity index (χ4v) is 2.59. The Bertz CT molecular complexity index is 317. The van der Waals surface area contributed by atoms with Crippen LogP contribution in [0.1, 0.15) is 17.5 Å². The summed E-state index contributed by atoms with van der Waals surface area (Å²) >= 11 is 23.2. The third-order valence-electron chi connectivity index (χ3n) is 2.16. The van der Waals surface area contributed by atoms with E-state index in [2.05, 4.69) is 0 Å². The third kappa shape index (κ3) is 5.31. The van der Waals surface area contributed by atoms with E-state index in [1.807, 2.05) is 31.2 Å². The monoisotopic (exact) mass is 284 g/mol. The number of hydrogen-bond acceptors (Lipinski definition) is 0. The number of hydrogen-bond donors (Lipinski definition) is 0. The predicted octanol–water partition coefficient (Wildman–Crippen LogP) is 4.91. The van der Waals surface area contributed by atoms with Crippen molar-refractivity contribution in [2.75, 3.05) is 0 Å². The highest BCUT2D eigenvalue weighted by Gasteiger charge is 2.24. The van der Waals surface area contributed by atoms with Crippen LogP contribution in [0.5, 0.6) is 0 Å². The van der Waals surface area contributed by atoms with Crippen molar-refractivity contribution in [2.45, 2.75) is 28.9 Å². The van der Waals surface area contributed by atoms with E-state index >= 15 is 0 Å². The van der Waals surface area contributed by atoms with Gasteiger partial charge in [-0.2, -0.15) is 0 Å². The molecular weight excluding hydrogens is 274 g/mol. The molecule has 0 amide bonds. The Balaban J connectivity index is 2.59. The smallest absolute Gasteiger partial charge is 0.122 e. The fraction of sp³-hybridized carbons (Fsp3) is 0.455. The molecule has 1 rings (SSSR count). The number of alkyl halides is 4. The van der Waals surface area contributed by atoms with Crippen LogP contribution in [0.4, 0.5) is 0 Å². The van der Waals surface area contributed by atoms with Gasteiger partial charge in [-0.25, -0.2) is 0 Å². The maximum Gasteiger partial charge on any atom is 0.192 e. The maximum atomic E-state index is 6.12. The molecule has 0 aromatic heterocycles. The summed E-state index contributed by atoms with van der Waals surface area (Å²) in [6, 6.07) is 8.08. The number of benzene rings is 1. The average molecular weight is 286 g/mol. The van der Waals surface area contributed by atoms with Crippen LogP contribution >= 0.6 is 46.4 Å². The van der Waals surface area contributed by atoms with E-state index in [9.17, 15) is 0 Å². The SMILES string of the molecule is Cc1ccccc1CC(Cl)CC(Cl)(Cl)Cl. The van der Waals surface area contributed by atoms with Crippen LogP contribution in [0.3, 0.4) is 0 Å². The molecule has 0 aliphatic rings. The topological polar surface area (TPSA) is 0 Å². The molecule has 4 heteroatoms. The second kappa shape index (κ2) is 5.63. The molecule has 1 unspecified atom stereocenters. The van der Waals surface area contributed by atoms with Crippen molar-refractivity contribution in [3.63, 3.8) is 0 Å². The molecule has 0 N–H and O–H groups in total. The van der Waals surface area contributed by atoms with E-state index in [1.54, 1.807) is 0 Å². The molecule has 0 aliphatic heterocycles. The summed E-state index contributed by atoms with van der Waals surface area (Å²) in [6.45, 7) is 2.05. The van der Waals surface area contributed by atoms with Gasteiger partial charge in [0.15, 0.2) is 3.79 Å². The van der Waals surface area contributed by atoms with Crippen LogP contribution in [0.25, 0.3) is 0 Å². The first-order valence-electron chi connectivity index (χ1n) is 4.64. The van der Waals surface area contributed by atoms with Gasteiger partial charge < -0.3 is 0 Å². The van der Waals surface area contributed by atoms with Gasteiger partial charge in [0.1, 0.15) is 0 Å². The highest BCUT2D eigenvalue weighted by Crippen LogP contribution is 2.34. The maximum absolute atomic E-state index is 6.12. The average Bonchev–Trinajstić information content (AvgIpc) is 2.05. The Kier molecular flexibility index (Phi) is 5.05. The second-order valence-electron chi connectivity index (χ2n) is 3.55. The van der Waals surface area contributed by atoms with Gasteiger partial charge in [-0.3, -0.25) is 0 Å². The van der Waals surface area contributed by atoms with Gasteiger partial charge in [0, 0.05) is 11.8 Å². The van der Waals surface area contributed by atoms with E-state index in [1.165, 1.54) is 11.1 Å². The molecule has 15 heavy (non-hydrogen) atoms. The number of rotatable bonds is 3. The summed E-state index contributed by atoms with van der Waals surface area (Å²) in [4.78, 5) is 0. The fourth-order valence-electron chi connectivity index (χ4n) is 1.40. The Morgan fingerprint density at radius 2 is 1.80 bits per heavy atom. The summed E-state index contributed by atoms with van der Waals surface area (Å²) in [7, 11) is 0. The van der Waals surface area contributed by atoms with Gasteiger partial charge in [0.25, 0.3) is 0 Å². The molecule has 0 bridgehead atoms. The summed E-state index contributed by atoms with van der Waals surface area (Å²) in [6.07, 6.45) is 1.08. The van der Waals surface area contributed by atoms with Crippen LogP contribution in [0, 0.1) is 6.92 Å². The molecule has 0 aliphatic carbocycles. The molecule has 1 atom stereocenters. The zero-order valence-corrected chi connectivity index (χ0v) is 11.3. The third-order valence-corrected chi connectivity index (χ3v) is 2.93. The minimum atomic E-state index is -1.27. The van der Waals surface area contributed by atoms with Crippen molar-refractivity contribution in [1.29, 1.82) is 0 Å². The van der Waals surface area contributed by atoms with Crippen LogP contribution in [-0.2, 0) is 6.42 Å². The zero-order chi connectivity index (χ0) is 11.5. The minimum absolute atomic E-state index is 0.154. The molecule has 84 valence electrons. The van der Waals surface area contributed by atoms with E-state index in [0.29, 0.717) is 6.42 Å². The van der Waals surface area contributed by atoms with Gasteiger partial charge in [0.05, 0.1) is 0 Å². The highest BCUT2D eigenvalue weighted by atomic mass is 35.6. The first-order chi connectivity index (χ1) is 6.88. The Labute approximate surface area is 110 Å². The van der Waals surface area contributed by atoms with E-state index in [4.69, 9.17) is 46.4 Å². The number of aryl methyl sites for hydroxylation is 1. The molecule has 0 radical (unpaired) electrons. The van der Waals surface area contributed by atoms with E-state index in [-0.39, 0.29) is 5.38 Å². The Morgan fingerprint density at radius 1 is 1.20 bits per heavy atom. The van der Waals surface area contributed by atoms with Gasteiger partial charge in [-0.05, 0) is 24.5 Å². The first-order valence-corrected chi connectivity index (χ1v) is 6.21. The van der Waals surface area contributed by atoms with Crippen LogP contribution in [0.2, 0.25) is 0 Å². The Morgan fingerprint density at radius 3 is 2.33 bits per heavy atom. The van der Waals surface area contributed by atoms with Crippen LogP contribution < -0.4 is 0 Å². The van der Waals surface area contributed by atoms with Crippen LogP contribution in [0.15, 0.2) is 24.3 Å². The molecule has 0 saturated carbocycles. The second-order valence-corrected chi connectivity index (χ2v) is 6.68. The van der Waals surface area contributed by atoms with Gasteiger partial charge >= 0.3 is 0 Å². The lowest BCUT2D eigenvalue weighted by atomic mass is 10.0. The first kappa shape index (κ1) is 13.4. The summed E-state index contributed by atoms with van der Waals surface area (Å²) < 4.78 is -1.27. The standard InChI is InChI=1S/C11H12Cl4/c1-8-4-2-3-5-9(8)6-10(12)7-11(13,14)15/h2-5,10H,6-7H2,1H3. The lowest BCUT2D eigenvalue weighted by Gasteiger charge is -2.16. The van der Waals surface area contributed by atoms with Gasteiger partial charge in [0.2, 0.25) is 0 Å². The molecule has 1 aromatic carbocycles. The van der Waals surface area contributed by atoms with Crippen molar-refractivity contribution in [3.05, 3.63) is 35.4 Å². The zero-order valence-electron chi connectivity index (χ0n) is 8.31. The molecule has 0 nitrogen and oxygen atoms in total. The van der Waals surface area contributed by atoms with Crippen molar-refractivity contribution >= 4 is 46.4 Å². The van der Waals surface area contributed by atoms with Crippen LogP contribution in [-0.4, -0.2) is 9.17 Å². The predicted molar refractivity (Wildman–Crippen MR) is 69.4 cm³/mol. The van der Waals surface area contributed by atoms with Gasteiger partial charge in [-0.15, -0.1) is 11.6 Å². The minimum Gasteiger partial charge on any atom is -0.122 e. The molecular formula is C11H12Cl4. The quantitative estimate of drug-likeness (QED) is 0.693. The molecule has 0 saturated heterocycles. The Hall–Kier alpha value is 0.380. The molecule has 0 heterocycles. The van der Waals surface area contributed by atoms with Crippen molar-refractivity contribution in [1.82, 2.24) is 0 Å². The molecule has 0 fully saturated rings. The normalized spacial score (nSPS) is 13.9. The van der Waals surface area contributed by atoms with Gasteiger partial charge in [-0.1, -0.05) is 59.1 Å². The molecule has 0 spiro atoms. The largest absolute Gasteiger partial charge is 0.192 e. The lowest BCUT2D eigenvalue weighted by molar-refractivity contribution is 0.759. The molecule has 1 aromatic rings. The highest BCUT2D eigenvalue weighted by molar-refractivity contribution is 6.67.